The third-order valence-electron chi connectivity index (χ3n) is 6.02. The topological polar surface area (TPSA) is 108 Å². The molecule has 1 saturated heterocycles. The Kier molecular flexibility index (Phi) is 9.88. The number of rotatable bonds is 4. The SMILES string of the molecule is CC(C)C[C@@H]1C(=O)N[C@@H](Cc2ccccc2)C(=O)NCCC[C@H](C)C(=O)N[C@@H](C)C(=O)N1C. The summed E-state index contributed by atoms with van der Waals surface area (Å²) >= 11 is 0. The highest BCUT2D eigenvalue weighted by molar-refractivity contribution is 5.94. The number of likely N-dealkylation sites (N-methyl/N-ethyl adjacent to an activating group) is 1. The predicted molar refractivity (Wildman–Crippen MR) is 127 cm³/mol. The molecular weight excluding hydrogens is 420 g/mol. The molecule has 0 saturated carbocycles. The molecule has 1 aliphatic heterocycles. The Morgan fingerprint density at radius 3 is 2.27 bits per heavy atom. The summed E-state index contributed by atoms with van der Waals surface area (Å²) in [6, 6.07) is 7.23. The van der Waals surface area contributed by atoms with Gasteiger partial charge in [-0.15, -0.1) is 0 Å². The molecule has 1 heterocycles. The van der Waals surface area contributed by atoms with E-state index in [0.29, 0.717) is 32.2 Å². The molecule has 0 radical (unpaired) electrons. The van der Waals surface area contributed by atoms with Crippen molar-refractivity contribution in [2.75, 3.05) is 13.6 Å². The maximum atomic E-state index is 13.3. The molecule has 4 atom stereocenters. The van der Waals surface area contributed by atoms with Crippen molar-refractivity contribution >= 4 is 23.6 Å². The zero-order chi connectivity index (χ0) is 24.5. The quantitative estimate of drug-likeness (QED) is 0.637. The molecule has 182 valence electrons. The molecule has 0 aliphatic carbocycles. The zero-order valence-electron chi connectivity index (χ0n) is 20.4. The number of hydrogen-bond donors (Lipinski definition) is 3. The Morgan fingerprint density at radius 2 is 1.64 bits per heavy atom. The lowest BCUT2D eigenvalue weighted by molar-refractivity contribution is -0.143. The van der Waals surface area contributed by atoms with Crippen molar-refractivity contribution in [2.24, 2.45) is 11.8 Å². The highest BCUT2D eigenvalue weighted by Gasteiger charge is 2.33. The Balaban J connectivity index is 2.34. The van der Waals surface area contributed by atoms with E-state index in [0.717, 1.165) is 5.56 Å². The van der Waals surface area contributed by atoms with Gasteiger partial charge in [0.05, 0.1) is 0 Å². The lowest BCUT2D eigenvalue weighted by Crippen LogP contribution is -2.57. The van der Waals surface area contributed by atoms with Gasteiger partial charge in [0.25, 0.3) is 0 Å². The van der Waals surface area contributed by atoms with Crippen molar-refractivity contribution in [3.63, 3.8) is 0 Å². The molecule has 4 amide bonds. The summed E-state index contributed by atoms with van der Waals surface area (Å²) < 4.78 is 0. The summed E-state index contributed by atoms with van der Waals surface area (Å²) in [5.74, 6) is -1.35. The molecular formula is C25H38N4O4. The fraction of sp³-hybridized carbons (Fsp3) is 0.600. The van der Waals surface area contributed by atoms with Crippen LogP contribution in [0.25, 0.3) is 0 Å². The summed E-state index contributed by atoms with van der Waals surface area (Å²) in [5, 5.41) is 8.56. The van der Waals surface area contributed by atoms with E-state index >= 15 is 0 Å². The zero-order valence-corrected chi connectivity index (χ0v) is 20.4. The van der Waals surface area contributed by atoms with Crippen LogP contribution in [0.5, 0.6) is 0 Å². The van der Waals surface area contributed by atoms with Gasteiger partial charge in [0.1, 0.15) is 18.1 Å². The first-order chi connectivity index (χ1) is 15.6. The maximum Gasteiger partial charge on any atom is 0.245 e. The average Bonchev–Trinajstić information content (AvgIpc) is 2.78. The fourth-order valence-electron chi connectivity index (χ4n) is 3.97. The number of nitrogens with one attached hydrogen (secondary N) is 3. The smallest absolute Gasteiger partial charge is 0.245 e. The summed E-state index contributed by atoms with van der Waals surface area (Å²) in [4.78, 5) is 53.3. The third kappa shape index (κ3) is 7.87. The summed E-state index contributed by atoms with van der Waals surface area (Å²) in [7, 11) is 1.57. The number of carbonyl (C=O) groups excluding carboxylic acids is 4. The molecule has 1 aliphatic rings. The predicted octanol–water partition coefficient (Wildman–Crippen LogP) is 1.64. The minimum Gasteiger partial charge on any atom is -0.354 e. The van der Waals surface area contributed by atoms with Gasteiger partial charge in [-0.1, -0.05) is 51.1 Å². The molecule has 33 heavy (non-hydrogen) atoms. The standard InChI is InChI=1S/C25H38N4O4/c1-16(2)14-21-24(32)28-20(15-19-11-7-6-8-12-19)23(31)26-13-9-10-17(3)22(30)27-18(4)25(33)29(21)5/h6-8,11-12,16-18,20-21H,9-10,13-15H2,1-5H3,(H,26,31)(H,27,30)(H,28,32)/t17-,18-,20-,21+/m0/s1. The summed E-state index contributed by atoms with van der Waals surface area (Å²) in [5.41, 5.74) is 0.928. The van der Waals surface area contributed by atoms with Crippen LogP contribution in [0.3, 0.4) is 0 Å². The largest absolute Gasteiger partial charge is 0.354 e. The van der Waals surface area contributed by atoms with E-state index in [1.54, 1.807) is 20.9 Å². The maximum absolute atomic E-state index is 13.3. The normalized spacial score (nSPS) is 26.2. The van der Waals surface area contributed by atoms with Crippen LogP contribution in [0, 0.1) is 11.8 Å². The van der Waals surface area contributed by atoms with Gasteiger partial charge in [-0.3, -0.25) is 19.2 Å². The number of amides is 4. The van der Waals surface area contributed by atoms with Crippen LogP contribution in [-0.2, 0) is 25.6 Å². The Morgan fingerprint density at radius 1 is 0.970 bits per heavy atom. The first kappa shape index (κ1) is 26.4. The van der Waals surface area contributed by atoms with E-state index < -0.39 is 18.1 Å². The van der Waals surface area contributed by atoms with Gasteiger partial charge >= 0.3 is 0 Å². The van der Waals surface area contributed by atoms with Gasteiger partial charge in [-0.25, -0.2) is 0 Å². The van der Waals surface area contributed by atoms with Crippen molar-refractivity contribution < 1.29 is 19.2 Å². The second-order valence-electron chi connectivity index (χ2n) is 9.41. The van der Waals surface area contributed by atoms with Crippen LogP contribution < -0.4 is 16.0 Å². The third-order valence-corrected chi connectivity index (χ3v) is 6.02. The lowest BCUT2D eigenvalue weighted by atomic mass is 9.99. The molecule has 2 rings (SSSR count). The highest BCUT2D eigenvalue weighted by Crippen LogP contribution is 2.14. The molecule has 8 heteroatoms. The van der Waals surface area contributed by atoms with Crippen LogP contribution in [0.1, 0.15) is 52.5 Å². The van der Waals surface area contributed by atoms with Crippen molar-refractivity contribution in [1.82, 2.24) is 20.9 Å². The van der Waals surface area contributed by atoms with Gasteiger partial charge in [0.15, 0.2) is 0 Å². The van der Waals surface area contributed by atoms with Crippen LogP contribution in [-0.4, -0.2) is 60.2 Å². The number of benzene rings is 1. The van der Waals surface area contributed by atoms with Gasteiger partial charge in [-0.05, 0) is 37.7 Å². The first-order valence-electron chi connectivity index (χ1n) is 11.8. The minimum atomic E-state index is -0.766. The van der Waals surface area contributed by atoms with E-state index in [-0.39, 0.29) is 35.5 Å². The molecule has 0 bridgehead atoms. The number of hydrogen-bond acceptors (Lipinski definition) is 4. The fourth-order valence-corrected chi connectivity index (χ4v) is 3.97. The molecule has 1 fully saturated rings. The van der Waals surface area contributed by atoms with Crippen molar-refractivity contribution in [3.05, 3.63) is 35.9 Å². The Labute approximate surface area is 196 Å². The monoisotopic (exact) mass is 458 g/mol. The molecule has 3 N–H and O–H groups in total. The van der Waals surface area contributed by atoms with Gasteiger partial charge in [-0.2, -0.15) is 0 Å². The van der Waals surface area contributed by atoms with Crippen molar-refractivity contribution in [1.29, 1.82) is 0 Å². The van der Waals surface area contributed by atoms with E-state index in [4.69, 9.17) is 0 Å². The second kappa shape index (κ2) is 12.4. The van der Waals surface area contributed by atoms with E-state index in [1.807, 2.05) is 44.2 Å². The minimum absolute atomic E-state index is 0.143. The van der Waals surface area contributed by atoms with Crippen LogP contribution >= 0.6 is 0 Å². The second-order valence-corrected chi connectivity index (χ2v) is 9.41. The van der Waals surface area contributed by atoms with Gasteiger partial charge in [0, 0.05) is 25.9 Å². The Hall–Kier alpha value is -2.90. The van der Waals surface area contributed by atoms with Gasteiger partial charge < -0.3 is 20.9 Å². The van der Waals surface area contributed by atoms with Crippen molar-refractivity contribution in [3.8, 4) is 0 Å². The van der Waals surface area contributed by atoms with Crippen LogP contribution in [0.2, 0.25) is 0 Å². The Bertz CT molecular complexity index is 827. The van der Waals surface area contributed by atoms with E-state index in [9.17, 15) is 19.2 Å². The van der Waals surface area contributed by atoms with E-state index in [1.165, 1.54) is 4.90 Å². The molecule has 1 aromatic carbocycles. The summed E-state index contributed by atoms with van der Waals surface area (Å²) in [6.45, 7) is 7.79. The summed E-state index contributed by atoms with van der Waals surface area (Å²) in [6.07, 6.45) is 1.97. The van der Waals surface area contributed by atoms with E-state index in [2.05, 4.69) is 16.0 Å². The molecule has 0 unspecified atom stereocenters. The molecule has 0 aromatic heterocycles. The van der Waals surface area contributed by atoms with Crippen LogP contribution in [0.15, 0.2) is 30.3 Å². The van der Waals surface area contributed by atoms with Crippen LogP contribution in [0.4, 0.5) is 0 Å². The first-order valence-corrected chi connectivity index (χ1v) is 11.8. The average molecular weight is 459 g/mol. The van der Waals surface area contributed by atoms with Gasteiger partial charge in [0.2, 0.25) is 23.6 Å². The number of nitrogens with zero attached hydrogens (tertiary/aromatic N) is 1. The molecule has 0 spiro atoms. The highest BCUT2D eigenvalue weighted by atomic mass is 16.2. The molecule has 1 aromatic rings. The lowest BCUT2D eigenvalue weighted by Gasteiger charge is -2.32. The van der Waals surface area contributed by atoms with Crippen molar-refractivity contribution in [2.45, 2.75) is 71.5 Å². The molecule has 8 nitrogen and oxygen atoms in total. The number of carbonyl (C=O) groups is 4.